The third kappa shape index (κ3) is 3.19. The molecule has 0 aliphatic carbocycles. The van der Waals surface area contributed by atoms with Crippen molar-refractivity contribution in [2.75, 3.05) is 17.2 Å². The highest BCUT2D eigenvalue weighted by Crippen LogP contribution is 2.28. The van der Waals surface area contributed by atoms with Gasteiger partial charge in [0.05, 0.1) is 4.92 Å². The summed E-state index contributed by atoms with van der Waals surface area (Å²) in [6.45, 7) is 2.86. The van der Waals surface area contributed by atoms with Crippen molar-refractivity contribution in [2.24, 2.45) is 0 Å². The quantitative estimate of drug-likeness (QED) is 0.620. The van der Waals surface area contributed by atoms with E-state index in [1.807, 2.05) is 37.3 Å². The van der Waals surface area contributed by atoms with Gasteiger partial charge in [-0.25, -0.2) is 9.97 Å². The number of nitrogens with zero attached hydrogens (tertiary/aromatic N) is 3. The van der Waals surface area contributed by atoms with E-state index in [0.29, 0.717) is 13.1 Å². The van der Waals surface area contributed by atoms with E-state index >= 15 is 0 Å². The fourth-order valence-electron chi connectivity index (χ4n) is 1.76. The van der Waals surface area contributed by atoms with Crippen LogP contribution in [0.3, 0.4) is 0 Å². The first kappa shape index (κ1) is 13.7. The second kappa shape index (κ2) is 6.46. The molecule has 0 bridgehead atoms. The molecule has 0 spiro atoms. The summed E-state index contributed by atoms with van der Waals surface area (Å²) < 4.78 is 0. The molecule has 0 aliphatic heterocycles. The Balaban J connectivity index is 2.22. The van der Waals surface area contributed by atoms with Gasteiger partial charge in [0.1, 0.15) is 6.33 Å². The van der Waals surface area contributed by atoms with Gasteiger partial charge in [-0.2, -0.15) is 0 Å². The maximum absolute atomic E-state index is 11.2. The van der Waals surface area contributed by atoms with Crippen molar-refractivity contribution in [1.29, 1.82) is 0 Å². The van der Waals surface area contributed by atoms with Gasteiger partial charge in [0.25, 0.3) is 0 Å². The molecule has 0 amide bonds. The third-order valence-corrected chi connectivity index (χ3v) is 2.65. The third-order valence-electron chi connectivity index (χ3n) is 2.65. The van der Waals surface area contributed by atoms with E-state index < -0.39 is 4.92 Å². The zero-order valence-electron chi connectivity index (χ0n) is 11.0. The molecule has 1 aromatic heterocycles. The van der Waals surface area contributed by atoms with Crippen LogP contribution < -0.4 is 10.6 Å². The van der Waals surface area contributed by atoms with E-state index in [4.69, 9.17) is 0 Å². The molecule has 0 aliphatic rings. The number of nitrogens with one attached hydrogen (secondary N) is 2. The van der Waals surface area contributed by atoms with E-state index in [-0.39, 0.29) is 17.3 Å². The monoisotopic (exact) mass is 273 g/mol. The lowest BCUT2D eigenvalue weighted by Crippen LogP contribution is -2.09. The fourth-order valence-corrected chi connectivity index (χ4v) is 1.76. The van der Waals surface area contributed by atoms with Crippen LogP contribution in [0.2, 0.25) is 0 Å². The maximum atomic E-state index is 11.2. The summed E-state index contributed by atoms with van der Waals surface area (Å²) in [4.78, 5) is 18.5. The van der Waals surface area contributed by atoms with Crippen molar-refractivity contribution < 1.29 is 4.92 Å². The first-order valence-electron chi connectivity index (χ1n) is 6.23. The molecule has 0 saturated carbocycles. The Morgan fingerprint density at radius 1 is 1.15 bits per heavy atom. The Kier molecular flexibility index (Phi) is 4.43. The average molecular weight is 273 g/mol. The minimum atomic E-state index is -0.481. The lowest BCUT2D eigenvalue weighted by molar-refractivity contribution is -0.383. The van der Waals surface area contributed by atoms with Crippen LogP contribution in [0.15, 0.2) is 36.7 Å². The maximum Gasteiger partial charge on any atom is 0.353 e. The summed E-state index contributed by atoms with van der Waals surface area (Å²) in [6, 6.07) is 9.61. The molecule has 104 valence electrons. The molecule has 2 rings (SSSR count). The van der Waals surface area contributed by atoms with E-state index in [0.717, 1.165) is 5.56 Å². The lowest BCUT2D eigenvalue weighted by atomic mass is 10.2. The second-order valence-electron chi connectivity index (χ2n) is 4.05. The van der Waals surface area contributed by atoms with Crippen LogP contribution in [0.25, 0.3) is 0 Å². The van der Waals surface area contributed by atoms with Crippen LogP contribution in [0.1, 0.15) is 12.5 Å². The molecule has 0 radical (unpaired) electrons. The van der Waals surface area contributed by atoms with Gasteiger partial charge in [-0.15, -0.1) is 0 Å². The van der Waals surface area contributed by atoms with Crippen LogP contribution in [-0.2, 0) is 6.54 Å². The summed E-state index contributed by atoms with van der Waals surface area (Å²) in [5, 5.41) is 17.0. The van der Waals surface area contributed by atoms with Gasteiger partial charge >= 0.3 is 5.69 Å². The molecule has 0 fully saturated rings. The number of hydrogen-bond acceptors (Lipinski definition) is 6. The van der Waals surface area contributed by atoms with Gasteiger partial charge in [-0.3, -0.25) is 10.1 Å². The van der Waals surface area contributed by atoms with Crippen molar-refractivity contribution >= 4 is 17.3 Å². The molecule has 2 aromatic rings. The molecule has 20 heavy (non-hydrogen) atoms. The van der Waals surface area contributed by atoms with Crippen molar-refractivity contribution in [3.8, 4) is 0 Å². The molecular formula is C13H15N5O2. The van der Waals surface area contributed by atoms with Gasteiger partial charge < -0.3 is 10.6 Å². The standard InChI is InChI=1S/C13H15N5O2/c1-2-14-12-11(18(19)20)13(17-9-16-12)15-8-10-6-4-3-5-7-10/h3-7,9H,2,8H2,1H3,(H2,14,15,16,17). The average Bonchev–Trinajstić information content (AvgIpc) is 2.46. The van der Waals surface area contributed by atoms with E-state index in [1.165, 1.54) is 6.33 Å². The van der Waals surface area contributed by atoms with Gasteiger partial charge in [0.15, 0.2) is 0 Å². The second-order valence-corrected chi connectivity index (χ2v) is 4.05. The zero-order chi connectivity index (χ0) is 14.4. The molecule has 1 aromatic carbocycles. The normalized spacial score (nSPS) is 10.1. The smallest absolute Gasteiger partial charge is 0.353 e. The van der Waals surface area contributed by atoms with Gasteiger partial charge in [0.2, 0.25) is 11.6 Å². The Morgan fingerprint density at radius 3 is 2.40 bits per heavy atom. The van der Waals surface area contributed by atoms with Crippen LogP contribution >= 0.6 is 0 Å². The Morgan fingerprint density at radius 2 is 1.80 bits per heavy atom. The number of aromatic nitrogens is 2. The zero-order valence-corrected chi connectivity index (χ0v) is 11.0. The lowest BCUT2D eigenvalue weighted by Gasteiger charge is -2.09. The molecule has 2 N–H and O–H groups in total. The molecule has 7 heteroatoms. The predicted molar refractivity (Wildman–Crippen MR) is 76.6 cm³/mol. The number of hydrogen-bond donors (Lipinski definition) is 2. The van der Waals surface area contributed by atoms with E-state index in [9.17, 15) is 10.1 Å². The Hall–Kier alpha value is -2.70. The molecular weight excluding hydrogens is 258 g/mol. The van der Waals surface area contributed by atoms with Gasteiger partial charge in [-0.05, 0) is 12.5 Å². The topological polar surface area (TPSA) is 93.0 Å². The summed E-state index contributed by atoms with van der Waals surface area (Å²) in [6.07, 6.45) is 1.30. The van der Waals surface area contributed by atoms with Crippen LogP contribution in [0, 0.1) is 10.1 Å². The fraction of sp³-hybridized carbons (Fsp3) is 0.231. The Bertz CT molecular complexity index is 589. The molecule has 0 atom stereocenters. The summed E-state index contributed by atoms with van der Waals surface area (Å²) >= 11 is 0. The minimum absolute atomic E-state index is 0.134. The van der Waals surface area contributed by atoms with Crippen LogP contribution in [0.4, 0.5) is 17.3 Å². The largest absolute Gasteiger partial charge is 0.364 e. The van der Waals surface area contributed by atoms with Crippen LogP contribution in [0.5, 0.6) is 0 Å². The van der Waals surface area contributed by atoms with Crippen molar-refractivity contribution in [1.82, 2.24) is 9.97 Å². The van der Waals surface area contributed by atoms with E-state index in [1.54, 1.807) is 0 Å². The Labute approximate surface area is 116 Å². The minimum Gasteiger partial charge on any atom is -0.364 e. The van der Waals surface area contributed by atoms with Gasteiger partial charge in [-0.1, -0.05) is 30.3 Å². The first-order valence-corrected chi connectivity index (χ1v) is 6.23. The van der Waals surface area contributed by atoms with Crippen molar-refractivity contribution in [3.05, 3.63) is 52.3 Å². The van der Waals surface area contributed by atoms with Crippen molar-refractivity contribution in [3.63, 3.8) is 0 Å². The summed E-state index contributed by atoms with van der Waals surface area (Å²) in [7, 11) is 0. The molecule has 0 saturated heterocycles. The number of benzene rings is 1. The first-order chi connectivity index (χ1) is 9.72. The molecule has 0 unspecified atom stereocenters. The number of nitro groups is 1. The molecule has 1 heterocycles. The summed E-state index contributed by atoms with van der Waals surface area (Å²) in [5.41, 5.74) is 0.885. The van der Waals surface area contributed by atoms with Gasteiger partial charge in [0, 0.05) is 13.1 Å². The number of rotatable bonds is 6. The van der Waals surface area contributed by atoms with Crippen LogP contribution in [-0.4, -0.2) is 21.4 Å². The highest BCUT2D eigenvalue weighted by Gasteiger charge is 2.22. The predicted octanol–water partition coefficient (Wildman–Crippen LogP) is 2.43. The highest BCUT2D eigenvalue weighted by atomic mass is 16.6. The highest BCUT2D eigenvalue weighted by molar-refractivity contribution is 5.69. The number of anilines is 2. The SMILES string of the molecule is CCNc1ncnc(NCc2ccccc2)c1[N+](=O)[O-]. The molecule has 7 nitrogen and oxygen atoms in total. The van der Waals surface area contributed by atoms with Crippen molar-refractivity contribution in [2.45, 2.75) is 13.5 Å². The van der Waals surface area contributed by atoms with E-state index in [2.05, 4.69) is 20.6 Å². The summed E-state index contributed by atoms with van der Waals surface area (Å²) in [5.74, 6) is 0.438.